The lowest BCUT2D eigenvalue weighted by Gasteiger charge is -2.21. The summed E-state index contributed by atoms with van der Waals surface area (Å²) >= 11 is 0. The molecule has 5 heteroatoms. The van der Waals surface area contributed by atoms with E-state index >= 15 is 0 Å². The van der Waals surface area contributed by atoms with Crippen LogP contribution in [0.4, 0.5) is 0 Å². The Bertz CT molecular complexity index is 383. The molecule has 0 aliphatic carbocycles. The van der Waals surface area contributed by atoms with Gasteiger partial charge in [0.2, 0.25) is 0 Å². The molecule has 1 rings (SSSR count). The normalized spacial score (nSPS) is 12.5. The molecule has 0 bridgehead atoms. The van der Waals surface area contributed by atoms with E-state index in [1.54, 1.807) is 14.2 Å². The summed E-state index contributed by atoms with van der Waals surface area (Å²) in [6.45, 7) is 2.34. The molecule has 3 N–H and O–H groups in total. The summed E-state index contributed by atoms with van der Waals surface area (Å²) in [6, 6.07) is 5.82. The average Bonchev–Trinajstić information content (AvgIpc) is 2.42. The Labute approximate surface area is 115 Å². The van der Waals surface area contributed by atoms with Crippen LogP contribution in [0.25, 0.3) is 0 Å². The quantitative estimate of drug-likeness (QED) is 0.731. The Kier molecular flexibility index (Phi) is 6.62. The van der Waals surface area contributed by atoms with Crippen molar-refractivity contribution < 1.29 is 9.47 Å². The van der Waals surface area contributed by atoms with Gasteiger partial charge in [0.1, 0.15) is 11.5 Å². The molecular weight excluding hydrogens is 242 g/mol. The van der Waals surface area contributed by atoms with E-state index in [0.717, 1.165) is 30.2 Å². The van der Waals surface area contributed by atoms with Crippen molar-refractivity contribution in [2.45, 2.75) is 6.04 Å². The standard InChI is InChI=1S/C14H25N3O2/c1-17(2)8-7-16-13(10-15)12-9-11(18-3)5-6-14(12)19-4/h5-6,9,13,16H,7-8,10,15H2,1-4H3. The maximum absolute atomic E-state index is 5.86. The number of rotatable bonds is 8. The van der Waals surface area contributed by atoms with Crippen molar-refractivity contribution in [3.05, 3.63) is 23.8 Å². The molecule has 0 aromatic heterocycles. The molecule has 0 saturated carbocycles. The van der Waals surface area contributed by atoms with E-state index in [4.69, 9.17) is 15.2 Å². The first-order valence-electron chi connectivity index (χ1n) is 6.42. The Balaban J connectivity index is 2.83. The number of nitrogens with two attached hydrogens (primary N) is 1. The number of nitrogens with zero attached hydrogens (tertiary/aromatic N) is 1. The van der Waals surface area contributed by atoms with Crippen molar-refractivity contribution in [2.24, 2.45) is 5.73 Å². The highest BCUT2D eigenvalue weighted by Gasteiger charge is 2.15. The smallest absolute Gasteiger partial charge is 0.123 e. The maximum atomic E-state index is 5.86. The second kappa shape index (κ2) is 7.99. The third-order valence-corrected chi connectivity index (χ3v) is 3.00. The third kappa shape index (κ3) is 4.70. The maximum Gasteiger partial charge on any atom is 0.123 e. The predicted molar refractivity (Wildman–Crippen MR) is 77.9 cm³/mol. The van der Waals surface area contributed by atoms with Gasteiger partial charge in [-0.25, -0.2) is 0 Å². The zero-order chi connectivity index (χ0) is 14.3. The van der Waals surface area contributed by atoms with Crippen LogP contribution in [0.5, 0.6) is 11.5 Å². The summed E-state index contributed by atoms with van der Waals surface area (Å²) in [5, 5.41) is 3.44. The van der Waals surface area contributed by atoms with Crippen molar-refractivity contribution in [3.63, 3.8) is 0 Å². The summed E-state index contributed by atoms with van der Waals surface area (Å²) in [7, 11) is 7.41. The Hall–Kier alpha value is -1.30. The van der Waals surface area contributed by atoms with Crippen molar-refractivity contribution in [2.75, 3.05) is 47.9 Å². The molecule has 1 aromatic carbocycles. The number of likely N-dealkylation sites (N-methyl/N-ethyl adjacent to an activating group) is 1. The lowest BCUT2D eigenvalue weighted by atomic mass is 10.1. The second-order valence-electron chi connectivity index (χ2n) is 4.65. The Morgan fingerprint density at radius 3 is 2.53 bits per heavy atom. The van der Waals surface area contributed by atoms with Gasteiger partial charge in [-0.1, -0.05) is 0 Å². The number of benzene rings is 1. The molecule has 0 radical (unpaired) electrons. The Morgan fingerprint density at radius 2 is 2.00 bits per heavy atom. The van der Waals surface area contributed by atoms with Gasteiger partial charge in [-0.05, 0) is 32.3 Å². The minimum atomic E-state index is 0.0602. The van der Waals surface area contributed by atoms with Gasteiger partial charge in [0.05, 0.1) is 14.2 Å². The number of hydrogen-bond donors (Lipinski definition) is 2. The summed E-state index contributed by atoms with van der Waals surface area (Å²) in [4.78, 5) is 2.13. The molecule has 19 heavy (non-hydrogen) atoms. The molecule has 1 unspecified atom stereocenters. The number of methoxy groups -OCH3 is 2. The highest BCUT2D eigenvalue weighted by atomic mass is 16.5. The first-order valence-corrected chi connectivity index (χ1v) is 6.42. The third-order valence-electron chi connectivity index (χ3n) is 3.00. The highest BCUT2D eigenvalue weighted by Crippen LogP contribution is 2.28. The molecule has 0 heterocycles. The summed E-state index contributed by atoms with van der Waals surface area (Å²) in [5.74, 6) is 1.64. The molecule has 0 spiro atoms. The van der Waals surface area contributed by atoms with Gasteiger partial charge in [0.25, 0.3) is 0 Å². The molecule has 0 aliphatic rings. The van der Waals surface area contributed by atoms with Gasteiger partial charge in [-0.15, -0.1) is 0 Å². The number of ether oxygens (including phenoxy) is 2. The van der Waals surface area contributed by atoms with Crippen molar-refractivity contribution in [1.82, 2.24) is 10.2 Å². The van der Waals surface area contributed by atoms with Crippen LogP contribution in [0.2, 0.25) is 0 Å². The molecule has 108 valence electrons. The minimum Gasteiger partial charge on any atom is -0.497 e. The molecular formula is C14H25N3O2. The summed E-state index contributed by atoms with van der Waals surface area (Å²) in [5.41, 5.74) is 6.89. The lowest BCUT2D eigenvalue weighted by molar-refractivity contribution is 0.371. The zero-order valence-electron chi connectivity index (χ0n) is 12.3. The first-order chi connectivity index (χ1) is 9.12. The van der Waals surface area contributed by atoms with E-state index in [9.17, 15) is 0 Å². The molecule has 5 nitrogen and oxygen atoms in total. The zero-order valence-corrected chi connectivity index (χ0v) is 12.3. The van der Waals surface area contributed by atoms with Gasteiger partial charge in [0, 0.05) is 31.2 Å². The number of nitrogens with one attached hydrogen (secondary N) is 1. The van der Waals surface area contributed by atoms with Gasteiger partial charge in [-0.3, -0.25) is 0 Å². The first kappa shape index (κ1) is 15.8. The topological polar surface area (TPSA) is 59.8 Å². The number of hydrogen-bond acceptors (Lipinski definition) is 5. The van der Waals surface area contributed by atoms with Gasteiger partial charge in [0.15, 0.2) is 0 Å². The molecule has 1 atom stereocenters. The predicted octanol–water partition coefficient (Wildman–Crippen LogP) is 0.855. The molecule has 0 aliphatic heterocycles. The van der Waals surface area contributed by atoms with Gasteiger partial charge < -0.3 is 25.4 Å². The van der Waals surface area contributed by atoms with Crippen molar-refractivity contribution in [1.29, 1.82) is 0 Å². The van der Waals surface area contributed by atoms with E-state index in [1.807, 2.05) is 32.3 Å². The van der Waals surface area contributed by atoms with E-state index in [0.29, 0.717) is 6.54 Å². The van der Waals surface area contributed by atoms with Crippen LogP contribution in [0, 0.1) is 0 Å². The van der Waals surface area contributed by atoms with Crippen molar-refractivity contribution in [3.8, 4) is 11.5 Å². The van der Waals surface area contributed by atoms with Gasteiger partial charge in [-0.2, -0.15) is 0 Å². The van der Waals surface area contributed by atoms with Crippen molar-refractivity contribution >= 4 is 0 Å². The second-order valence-corrected chi connectivity index (χ2v) is 4.65. The van der Waals surface area contributed by atoms with Crippen LogP contribution >= 0.6 is 0 Å². The largest absolute Gasteiger partial charge is 0.497 e. The fourth-order valence-corrected chi connectivity index (χ4v) is 1.89. The van der Waals surface area contributed by atoms with Crippen LogP contribution in [-0.4, -0.2) is 52.8 Å². The highest BCUT2D eigenvalue weighted by molar-refractivity contribution is 5.42. The van der Waals surface area contributed by atoms with E-state index in [2.05, 4.69) is 10.2 Å². The van der Waals surface area contributed by atoms with Crippen LogP contribution < -0.4 is 20.5 Å². The minimum absolute atomic E-state index is 0.0602. The average molecular weight is 267 g/mol. The van der Waals surface area contributed by atoms with Crippen LogP contribution in [0.3, 0.4) is 0 Å². The van der Waals surface area contributed by atoms with Crippen LogP contribution in [-0.2, 0) is 0 Å². The van der Waals surface area contributed by atoms with Crippen LogP contribution in [0.1, 0.15) is 11.6 Å². The van der Waals surface area contributed by atoms with Crippen LogP contribution in [0.15, 0.2) is 18.2 Å². The SMILES string of the molecule is COc1ccc(OC)c(C(CN)NCCN(C)C)c1. The Morgan fingerprint density at radius 1 is 1.26 bits per heavy atom. The molecule has 0 saturated heterocycles. The van der Waals surface area contributed by atoms with E-state index in [-0.39, 0.29) is 6.04 Å². The van der Waals surface area contributed by atoms with Gasteiger partial charge >= 0.3 is 0 Å². The molecule has 0 amide bonds. The molecule has 0 fully saturated rings. The summed E-state index contributed by atoms with van der Waals surface area (Å²) < 4.78 is 10.7. The fourth-order valence-electron chi connectivity index (χ4n) is 1.89. The monoisotopic (exact) mass is 267 g/mol. The lowest BCUT2D eigenvalue weighted by Crippen LogP contribution is -2.33. The molecule has 1 aromatic rings. The summed E-state index contributed by atoms with van der Waals surface area (Å²) in [6.07, 6.45) is 0. The van der Waals surface area contributed by atoms with E-state index in [1.165, 1.54) is 0 Å². The fraction of sp³-hybridized carbons (Fsp3) is 0.571. The van der Waals surface area contributed by atoms with E-state index < -0.39 is 0 Å².